The molecule has 2 rings (SSSR count). The van der Waals surface area contributed by atoms with E-state index in [1.807, 2.05) is 0 Å². The zero-order valence-electron chi connectivity index (χ0n) is 9.58. The summed E-state index contributed by atoms with van der Waals surface area (Å²) in [5.74, 6) is -3.65. The van der Waals surface area contributed by atoms with Crippen molar-refractivity contribution in [1.29, 1.82) is 0 Å². The monoisotopic (exact) mass is 266 g/mol. The van der Waals surface area contributed by atoms with Gasteiger partial charge in [0.25, 0.3) is 5.91 Å². The first-order valence-corrected chi connectivity index (χ1v) is 5.29. The number of halogens is 3. The Kier molecular flexibility index (Phi) is 3.41. The van der Waals surface area contributed by atoms with Gasteiger partial charge in [0, 0.05) is 11.3 Å². The van der Waals surface area contributed by atoms with E-state index in [2.05, 4.69) is 5.32 Å². The van der Waals surface area contributed by atoms with E-state index in [1.165, 1.54) is 12.1 Å². The molecule has 98 valence electrons. The number of carbonyl (C=O) groups is 1. The van der Waals surface area contributed by atoms with E-state index in [4.69, 9.17) is 5.73 Å². The molecule has 0 saturated heterocycles. The molecule has 0 unspecified atom stereocenters. The standard InChI is InChI=1S/C13H9F3N2O/c14-9-3-1-7(5-11(9)16)13(19)18-12-6-8(17)2-4-10(12)15/h1-6H,17H2,(H,18,19). The van der Waals surface area contributed by atoms with Crippen molar-refractivity contribution in [2.24, 2.45) is 0 Å². The zero-order valence-corrected chi connectivity index (χ0v) is 9.58. The number of anilines is 2. The number of carbonyl (C=O) groups excluding carboxylic acids is 1. The Bertz CT molecular complexity index is 644. The predicted octanol–water partition coefficient (Wildman–Crippen LogP) is 2.94. The highest BCUT2D eigenvalue weighted by Gasteiger charge is 2.12. The van der Waals surface area contributed by atoms with Gasteiger partial charge in [-0.15, -0.1) is 0 Å². The van der Waals surface area contributed by atoms with Crippen molar-refractivity contribution in [1.82, 2.24) is 0 Å². The summed E-state index contributed by atoms with van der Waals surface area (Å²) >= 11 is 0. The van der Waals surface area contributed by atoms with Gasteiger partial charge in [0.15, 0.2) is 11.6 Å². The lowest BCUT2D eigenvalue weighted by molar-refractivity contribution is 0.102. The third-order valence-corrected chi connectivity index (χ3v) is 2.42. The van der Waals surface area contributed by atoms with Gasteiger partial charge in [-0.1, -0.05) is 0 Å². The maximum atomic E-state index is 13.4. The normalized spacial score (nSPS) is 10.3. The van der Waals surface area contributed by atoms with Crippen LogP contribution in [-0.2, 0) is 0 Å². The minimum absolute atomic E-state index is 0.124. The number of nitrogen functional groups attached to an aromatic ring is 1. The Labute approximate surface area is 106 Å². The average molecular weight is 266 g/mol. The molecule has 0 bridgehead atoms. The van der Waals surface area contributed by atoms with E-state index in [0.29, 0.717) is 0 Å². The Hall–Kier alpha value is -2.50. The van der Waals surface area contributed by atoms with E-state index >= 15 is 0 Å². The van der Waals surface area contributed by atoms with Crippen LogP contribution in [0.3, 0.4) is 0 Å². The maximum Gasteiger partial charge on any atom is 0.255 e. The van der Waals surface area contributed by atoms with Crippen molar-refractivity contribution in [3.05, 3.63) is 59.4 Å². The second kappa shape index (κ2) is 5.01. The Morgan fingerprint density at radius 1 is 0.947 bits per heavy atom. The molecule has 0 fully saturated rings. The number of amides is 1. The van der Waals surface area contributed by atoms with Gasteiger partial charge in [0.05, 0.1) is 5.69 Å². The molecular weight excluding hydrogens is 257 g/mol. The van der Waals surface area contributed by atoms with E-state index in [9.17, 15) is 18.0 Å². The smallest absolute Gasteiger partial charge is 0.255 e. The molecule has 2 aromatic carbocycles. The lowest BCUT2D eigenvalue weighted by Crippen LogP contribution is -2.13. The fourth-order valence-electron chi connectivity index (χ4n) is 1.47. The fraction of sp³-hybridized carbons (Fsp3) is 0. The molecule has 2 aromatic rings. The molecule has 19 heavy (non-hydrogen) atoms. The summed E-state index contributed by atoms with van der Waals surface area (Å²) in [6.45, 7) is 0. The van der Waals surface area contributed by atoms with Crippen LogP contribution < -0.4 is 11.1 Å². The van der Waals surface area contributed by atoms with Crippen LogP contribution in [-0.4, -0.2) is 5.91 Å². The number of rotatable bonds is 2. The van der Waals surface area contributed by atoms with Crippen LogP contribution in [0.4, 0.5) is 24.5 Å². The van der Waals surface area contributed by atoms with E-state index in [-0.39, 0.29) is 16.9 Å². The topological polar surface area (TPSA) is 55.1 Å². The molecule has 3 nitrogen and oxygen atoms in total. The summed E-state index contributed by atoms with van der Waals surface area (Å²) in [7, 11) is 0. The molecule has 0 heterocycles. The minimum Gasteiger partial charge on any atom is -0.399 e. The molecule has 0 spiro atoms. The van der Waals surface area contributed by atoms with Crippen molar-refractivity contribution >= 4 is 17.3 Å². The first-order chi connectivity index (χ1) is 8.97. The summed E-state index contributed by atoms with van der Waals surface area (Å²) in [6, 6.07) is 6.30. The van der Waals surface area contributed by atoms with Gasteiger partial charge < -0.3 is 11.1 Å². The summed E-state index contributed by atoms with van der Waals surface area (Å²) in [6.07, 6.45) is 0. The zero-order chi connectivity index (χ0) is 14.0. The SMILES string of the molecule is Nc1ccc(F)c(NC(=O)c2ccc(F)c(F)c2)c1. The molecule has 6 heteroatoms. The second-order valence-electron chi connectivity index (χ2n) is 3.82. The van der Waals surface area contributed by atoms with E-state index in [0.717, 1.165) is 24.3 Å². The van der Waals surface area contributed by atoms with Crippen molar-refractivity contribution in [3.63, 3.8) is 0 Å². The molecule has 0 aliphatic rings. The average Bonchev–Trinajstić information content (AvgIpc) is 2.37. The number of hydrogen-bond donors (Lipinski definition) is 2. The number of benzene rings is 2. The van der Waals surface area contributed by atoms with Gasteiger partial charge >= 0.3 is 0 Å². The molecule has 1 amide bonds. The first kappa shape index (κ1) is 12.9. The molecule has 0 saturated carbocycles. The van der Waals surface area contributed by atoms with Crippen LogP contribution in [0.2, 0.25) is 0 Å². The van der Waals surface area contributed by atoms with Crippen molar-refractivity contribution in [2.45, 2.75) is 0 Å². The molecular formula is C13H9F3N2O. The van der Waals surface area contributed by atoms with Gasteiger partial charge in [-0.3, -0.25) is 4.79 Å². The Balaban J connectivity index is 2.25. The largest absolute Gasteiger partial charge is 0.399 e. The van der Waals surface area contributed by atoms with Crippen LogP contribution in [0.1, 0.15) is 10.4 Å². The van der Waals surface area contributed by atoms with Crippen LogP contribution >= 0.6 is 0 Å². The Morgan fingerprint density at radius 2 is 1.63 bits per heavy atom. The lowest BCUT2D eigenvalue weighted by atomic mass is 10.2. The van der Waals surface area contributed by atoms with Crippen molar-refractivity contribution in [2.75, 3.05) is 11.1 Å². The van der Waals surface area contributed by atoms with Gasteiger partial charge in [-0.25, -0.2) is 13.2 Å². The fourth-order valence-corrected chi connectivity index (χ4v) is 1.47. The highest BCUT2D eigenvalue weighted by molar-refractivity contribution is 6.04. The van der Waals surface area contributed by atoms with Crippen molar-refractivity contribution in [3.8, 4) is 0 Å². The van der Waals surface area contributed by atoms with Gasteiger partial charge in [0.2, 0.25) is 0 Å². The highest BCUT2D eigenvalue weighted by Crippen LogP contribution is 2.18. The van der Waals surface area contributed by atoms with Crippen molar-refractivity contribution < 1.29 is 18.0 Å². The number of nitrogens with two attached hydrogens (primary N) is 1. The second-order valence-corrected chi connectivity index (χ2v) is 3.82. The van der Waals surface area contributed by atoms with Crippen LogP contribution in [0.25, 0.3) is 0 Å². The molecule has 3 N–H and O–H groups in total. The highest BCUT2D eigenvalue weighted by atomic mass is 19.2. The summed E-state index contributed by atoms with van der Waals surface area (Å²) in [5.41, 5.74) is 5.47. The van der Waals surface area contributed by atoms with Gasteiger partial charge in [-0.2, -0.15) is 0 Å². The Morgan fingerprint density at radius 3 is 2.32 bits per heavy atom. The third-order valence-electron chi connectivity index (χ3n) is 2.42. The quantitative estimate of drug-likeness (QED) is 0.821. The summed E-state index contributed by atoms with van der Waals surface area (Å²) in [4.78, 5) is 11.7. The van der Waals surface area contributed by atoms with Crippen LogP contribution in [0, 0.1) is 17.5 Å². The summed E-state index contributed by atoms with van der Waals surface area (Å²) in [5, 5.41) is 2.23. The number of hydrogen-bond acceptors (Lipinski definition) is 2. The summed E-state index contributed by atoms with van der Waals surface area (Å²) < 4.78 is 39.1. The van der Waals surface area contributed by atoms with Crippen LogP contribution in [0.5, 0.6) is 0 Å². The van der Waals surface area contributed by atoms with Gasteiger partial charge in [0.1, 0.15) is 5.82 Å². The predicted molar refractivity (Wildman–Crippen MR) is 65.1 cm³/mol. The minimum atomic E-state index is -1.15. The first-order valence-electron chi connectivity index (χ1n) is 5.29. The van der Waals surface area contributed by atoms with Crippen LogP contribution in [0.15, 0.2) is 36.4 Å². The maximum absolute atomic E-state index is 13.4. The molecule has 0 aliphatic carbocycles. The van der Waals surface area contributed by atoms with Gasteiger partial charge in [-0.05, 0) is 36.4 Å². The lowest BCUT2D eigenvalue weighted by Gasteiger charge is -2.07. The molecule has 0 atom stereocenters. The number of nitrogens with one attached hydrogen (secondary N) is 1. The molecule has 0 aliphatic heterocycles. The van der Waals surface area contributed by atoms with E-state index < -0.39 is 23.4 Å². The van der Waals surface area contributed by atoms with E-state index in [1.54, 1.807) is 0 Å². The molecule has 0 radical (unpaired) electrons. The third kappa shape index (κ3) is 2.85. The molecule has 0 aromatic heterocycles.